The fourth-order valence-corrected chi connectivity index (χ4v) is 6.91. The molecule has 0 spiro atoms. The zero-order valence-electron chi connectivity index (χ0n) is 18.1. The Morgan fingerprint density at radius 3 is 2.61 bits per heavy atom. The lowest BCUT2D eigenvalue weighted by Gasteiger charge is -2.23. The van der Waals surface area contributed by atoms with Crippen molar-refractivity contribution in [3.8, 4) is 0 Å². The monoisotopic (exact) mass is 549 g/mol. The molecule has 2 heterocycles. The van der Waals surface area contributed by atoms with E-state index in [2.05, 4.69) is 15.9 Å². The predicted molar refractivity (Wildman–Crippen MR) is 132 cm³/mol. The lowest BCUT2D eigenvalue weighted by molar-refractivity contribution is 0.0917. The summed E-state index contributed by atoms with van der Waals surface area (Å²) in [5, 5.41) is 0.605. The summed E-state index contributed by atoms with van der Waals surface area (Å²) in [4.78, 5) is 20.1. The van der Waals surface area contributed by atoms with E-state index in [9.17, 15) is 13.2 Å². The summed E-state index contributed by atoms with van der Waals surface area (Å²) in [6.45, 7) is 1.10. The molecule has 5 rings (SSSR count). The molecule has 0 radical (unpaired) electrons. The Balaban J connectivity index is 1.44. The van der Waals surface area contributed by atoms with Crippen molar-refractivity contribution in [2.45, 2.75) is 42.7 Å². The number of hydrogen-bond acceptors (Lipinski definition) is 6. The minimum Gasteiger partial charge on any atom is -0.376 e. The maximum atomic E-state index is 13.6. The van der Waals surface area contributed by atoms with E-state index in [1.54, 1.807) is 24.1 Å². The van der Waals surface area contributed by atoms with Crippen LogP contribution in [0.3, 0.4) is 0 Å². The maximum Gasteiger partial charge on any atom is 0.260 e. The molecule has 7 nitrogen and oxygen atoms in total. The molecule has 2 aliphatic rings. The number of ether oxygens (including phenoxy) is 1. The van der Waals surface area contributed by atoms with Gasteiger partial charge < -0.3 is 4.74 Å². The molecule has 1 saturated carbocycles. The van der Waals surface area contributed by atoms with Gasteiger partial charge in [-0.3, -0.25) is 9.69 Å². The van der Waals surface area contributed by atoms with E-state index in [1.807, 2.05) is 18.2 Å². The fourth-order valence-electron chi connectivity index (χ4n) is 3.97. The standard InChI is InChI=1S/C23H24BrN3O4S2/c1-26(17-7-8-17)33(29,30)19-9-4-15(5-10-19)22(28)27(14-18-3-2-12-31-18)23-25-20-11-6-16(24)13-21(20)32-23/h4-6,9-11,13,17-18H,2-3,7-8,12,14H2,1H3. The van der Waals surface area contributed by atoms with Crippen molar-refractivity contribution in [1.82, 2.24) is 9.29 Å². The van der Waals surface area contributed by atoms with Crippen molar-refractivity contribution >= 4 is 58.5 Å². The summed E-state index contributed by atoms with van der Waals surface area (Å²) in [7, 11) is -1.94. The Bertz CT molecular complexity index is 1280. The van der Waals surface area contributed by atoms with E-state index in [4.69, 9.17) is 9.72 Å². The third-order valence-corrected chi connectivity index (χ3v) is 9.52. The van der Waals surface area contributed by atoms with Crippen LogP contribution in [0.15, 0.2) is 51.8 Å². The highest BCUT2D eigenvalue weighted by Crippen LogP contribution is 2.33. The van der Waals surface area contributed by atoms with E-state index in [1.165, 1.54) is 27.8 Å². The van der Waals surface area contributed by atoms with Crippen molar-refractivity contribution in [3.63, 3.8) is 0 Å². The minimum atomic E-state index is -3.56. The number of carbonyl (C=O) groups excluding carboxylic acids is 1. The molecule has 1 aliphatic carbocycles. The summed E-state index contributed by atoms with van der Waals surface area (Å²) in [6.07, 6.45) is 3.61. The van der Waals surface area contributed by atoms with E-state index in [-0.39, 0.29) is 22.9 Å². The van der Waals surface area contributed by atoms with Gasteiger partial charge in [0.1, 0.15) is 0 Å². The van der Waals surface area contributed by atoms with Gasteiger partial charge in [-0.15, -0.1) is 0 Å². The zero-order valence-corrected chi connectivity index (χ0v) is 21.3. The number of nitrogens with zero attached hydrogens (tertiary/aromatic N) is 3. The van der Waals surface area contributed by atoms with Gasteiger partial charge in [0.25, 0.3) is 5.91 Å². The van der Waals surface area contributed by atoms with E-state index in [0.717, 1.165) is 40.4 Å². The van der Waals surface area contributed by atoms with Crippen molar-refractivity contribution in [3.05, 3.63) is 52.5 Å². The van der Waals surface area contributed by atoms with Crippen LogP contribution in [0.1, 0.15) is 36.0 Å². The largest absolute Gasteiger partial charge is 0.376 e. The molecular formula is C23H24BrN3O4S2. The number of sulfonamides is 1. The summed E-state index contributed by atoms with van der Waals surface area (Å²) < 4.78 is 34.8. The Morgan fingerprint density at radius 1 is 1.18 bits per heavy atom. The van der Waals surface area contributed by atoms with Crippen molar-refractivity contribution < 1.29 is 17.9 Å². The summed E-state index contributed by atoms with van der Waals surface area (Å²) >= 11 is 4.94. The molecule has 1 aromatic heterocycles. The summed E-state index contributed by atoms with van der Waals surface area (Å²) in [5.74, 6) is -0.219. The quantitative estimate of drug-likeness (QED) is 0.428. The molecule has 1 aliphatic heterocycles. The number of fused-ring (bicyclic) bond motifs is 1. The molecule has 1 saturated heterocycles. The minimum absolute atomic E-state index is 0.0421. The van der Waals surface area contributed by atoms with Crippen LogP contribution >= 0.6 is 27.3 Å². The molecule has 3 aromatic rings. The molecule has 0 bridgehead atoms. The molecule has 0 N–H and O–H groups in total. The van der Waals surface area contributed by atoms with E-state index in [0.29, 0.717) is 23.8 Å². The number of carbonyl (C=O) groups is 1. The lowest BCUT2D eigenvalue weighted by Crippen LogP contribution is -2.37. The van der Waals surface area contributed by atoms with Crippen LogP contribution < -0.4 is 4.90 Å². The molecule has 10 heteroatoms. The third-order valence-electron chi connectivity index (χ3n) is 6.06. The Kier molecular flexibility index (Phi) is 6.30. The Morgan fingerprint density at radius 2 is 1.94 bits per heavy atom. The van der Waals surface area contributed by atoms with E-state index >= 15 is 0 Å². The maximum absolute atomic E-state index is 13.6. The molecule has 1 amide bonds. The van der Waals surface area contributed by atoms with Gasteiger partial charge >= 0.3 is 0 Å². The second-order valence-corrected chi connectivity index (χ2v) is 12.4. The smallest absolute Gasteiger partial charge is 0.260 e. The molecule has 174 valence electrons. The van der Waals surface area contributed by atoms with Crippen molar-refractivity contribution in [1.29, 1.82) is 0 Å². The van der Waals surface area contributed by atoms with Gasteiger partial charge in [0, 0.05) is 29.7 Å². The van der Waals surface area contributed by atoms with Crippen molar-refractivity contribution in [2.24, 2.45) is 0 Å². The number of benzene rings is 2. The third kappa shape index (κ3) is 4.72. The number of amides is 1. The first-order valence-electron chi connectivity index (χ1n) is 10.9. The number of rotatable bonds is 7. The average Bonchev–Trinajstić information content (AvgIpc) is 3.36. The number of thiazole rings is 1. The average molecular weight is 551 g/mol. The van der Waals surface area contributed by atoms with Crippen LogP contribution in [0.2, 0.25) is 0 Å². The van der Waals surface area contributed by atoms with E-state index < -0.39 is 10.0 Å². The second kappa shape index (κ2) is 9.07. The number of halogens is 1. The predicted octanol–water partition coefficient (Wildman–Crippen LogP) is 4.67. The van der Waals surface area contributed by atoms with Gasteiger partial charge in [-0.25, -0.2) is 13.4 Å². The van der Waals surface area contributed by atoms with Crippen LogP contribution in [-0.4, -0.2) is 56.0 Å². The highest BCUT2D eigenvalue weighted by atomic mass is 79.9. The first-order chi connectivity index (χ1) is 15.8. The highest BCUT2D eigenvalue weighted by molar-refractivity contribution is 9.10. The van der Waals surface area contributed by atoms with Gasteiger partial charge in [-0.05, 0) is 68.1 Å². The number of aromatic nitrogens is 1. The van der Waals surface area contributed by atoms with Crippen LogP contribution in [0, 0.1) is 0 Å². The van der Waals surface area contributed by atoms with Gasteiger partial charge in [-0.2, -0.15) is 4.31 Å². The topological polar surface area (TPSA) is 79.8 Å². The van der Waals surface area contributed by atoms with Crippen LogP contribution in [0.5, 0.6) is 0 Å². The first-order valence-corrected chi connectivity index (χ1v) is 14.0. The second-order valence-electron chi connectivity index (χ2n) is 8.44. The summed E-state index contributed by atoms with van der Waals surface area (Å²) in [6, 6.07) is 12.1. The molecule has 2 aromatic carbocycles. The molecule has 2 fully saturated rings. The molecule has 33 heavy (non-hydrogen) atoms. The number of anilines is 1. The zero-order chi connectivity index (χ0) is 23.2. The lowest BCUT2D eigenvalue weighted by atomic mass is 10.2. The number of hydrogen-bond donors (Lipinski definition) is 0. The molecular weight excluding hydrogens is 526 g/mol. The SMILES string of the molecule is CN(C1CC1)S(=O)(=O)c1ccc(C(=O)N(CC2CCCO2)c2nc3ccc(Br)cc3s2)cc1. The molecule has 1 unspecified atom stereocenters. The summed E-state index contributed by atoms with van der Waals surface area (Å²) in [5.41, 5.74) is 1.24. The Hall–Kier alpha value is -1.85. The van der Waals surface area contributed by atoms with Crippen LogP contribution in [0.25, 0.3) is 10.2 Å². The molecule has 1 atom stereocenters. The normalized spacial score (nSPS) is 18.8. The van der Waals surface area contributed by atoms with Crippen LogP contribution in [0.4, 0.5) is 5.13 Å². The van der Waals surface area contributed by atoms with Gasteiger partial charge in [0.05, 0.1) is 27.8 Å². The van der Waals surface area contributed by atoms with Crippen molar-refractivity contribution in [2.75, 3.05) is 25.1 Å². The highest BCUT2D eigenvalue weighted by Gasteiger charge is 2.35. The van der Waals surface area contributed by atoms with Gasteiger partial charge in [-0.1, -0.05) is 27.3 Å². The van der Waals surface area contributed by atoms with Gasteiger partial charge in [0.2, 0.25) is 10.0 Å². The van der Waals surface area contributed by atoms with Gasteiger partial charge in [0.15, 0.2) is 5.13 Å². The Labute approximate surface area is 205 Å². The first kappa shape index (κ1) is 22.9. The fraction of sp³-hybridized carbons (Fsp3) is 0.391. The van der Waals surface area contributed by atoms with Crippen LogP contribution in [-0.2, 0) is 14.8 Å².